The van der Waals surface area contributed by atoms with Gasteiger partial charge in [0, 0.05) is 17.9 Å². The highest BCUT2D eigenvalue weighted by atomic mass is 19.3. The normalized spacial score (nSPS) is 12.8. The Hall–Kier alpha value is -3.49. The van der Waals surface area contributed by atoms with E-state index in [2.05, 4.69) is 30.7 Å². The molecule has 0 saturated heterocycles. The molecule has 4 rings (SSSR count). The summed E-state index contributed by atoms with van der Waals surface area (Å²) in [7, 11) is 0. The molecule has 0 saturated carbocycles. The number of aromatic nitrogens is 7. The molecule has 0 aliphatic heterocycles. The van der Waals surface area contributed by atoms with Gasteiger partial charge in [-0.15, -0.1) is 10.2 Å². The van der Waals surface area contributed by atoms with Gasteiger partial charge >= 0.3 is 5.92 Å². The number of H-pyrrole nitrogens is 1. The molecule has 1 N–H and O–H groups in total. The van der Waals surface area contributed by atoms with Gasteiger partial charge in [-0.1, -0.05) is 69.3 Å². The van der Waals surface area contributed by atoms with Crippen molar-refractivity contribution in [1.29, 1.82) is 0 Å². The van der Waals surface area contributed by atoms with Crippen LogP contribution < -0.4 is 0 Å². The molecule has 172 valence electrons. The first-order chi connectivity index (χ1) is 15.9. The number of rotatable bonds is 9. The van der Waals surface area contributed by atoms with E-state index < -0.39 is 5.92 Å². The molecule has 2 aromatic carbocycles. The predicted molar refractivity (Wildman–Crippen MR) is 122 cm³/mol. The first-order valence-corrected chi connectivity index (χ1v) is 11.2. The van der Waals surface area contributed by atoms with Crippen molar-refractivity contribution >= 4 is 0 Å². The standard InChI is InChI=1S/C24H27F2N7/c1-4-14-24(25,26)23-27-22(16(3)5-2)33(30-23)15-17-10-12-18(13-11-17)19-8-6-7-9-20(19)21-28-31-32-29-21/h6-13,16H,4-5,14-15H2,1-3H3,(H,28,29,31,32). The lowest BCUT2D eigenvalue weighted by Gasteiger charge is -2.12. The summed E-state index contributed by atoms with van der Waals surface area (Å²) < 4.78 is 30.6. The number of aromatic amines is 1. The van der Waals surface area contributed by atoms with Crippen LogP contribution in [0.5, 0.6) is 0 Å². The SMILES string of the molecule is CCCC(F)(F)c1nc(C(C)CC)n(Cc2ccc(-c3ccccc3-c3nnn[nH]3)cc2)n1. The molecule has 0 spiro atoms. The molecule has 2 aromatic heterocycles. The van der Waals surface area contributed by atoms with Gasteiger partial charge < -0.3 is 0 Å². The van der Waals surface area contributed by atoms with Gasteiger partial charge in [0.15, 0.2) is 5.82 Å². The Kier molecular flexibility index (Phi) is 6.57. The van der Waals surface area contributed by atoms with E-state index in [4.69, 9.17) is 0 Å². The Labute approximate surface area is 191 Å². The number of hydrogen-bond acceptors (Lipinski definition) is 5. The second-order valence-electron chi connectivity index (χ2n) is 8.21. The fourth-order valence-corrected chi connectivity index (χ4v) is 3.78. The smallest absolute Gasteiger partial charge is 0.245 e. The van der Waals surface area contributed by atoms with Crippen LogP contribution in [0.25, 0.3) is 22.5 Å². The summed E-state index contributed by atoms with van der Waals surface area (Å²) in [4.78, 5) is 4.25. The van der Waals surface area contributed by atoms with Crippen LogP contribution in [0.1, 0.15) is 63.2 Å². The predicted octanol–water partition coefficient (Wildman–Crippen LogP) is 5.58. The summed E-state index contributed by atoms with van der Waals surface area (Å²) in [5.74, 6) is -2.19. The second kappa shape index (κ2) is 9.56. The molecule has 33 heavy (non-hydrogen) atoms. The van der Waals surface area contributed by atoms with E-state index in [0.717, 1.165) is 28.7 Å². The molecule has 1 atom stereocenters. The van der Waals surface area contributed by atoms with Gasteiger partial charge in [0.05, 0.1) is 6.54 Å². The van der Waals surface area contributed by atoms with Gasteiger partial charge in [-0.3, -0.25) is 0 Å². The number of tetrazole rings is 1. The Morgan fingerprint density at radius 3 is 2.39 bits per heavy atom. The summed E-state index contributed by atoms with van der Waals surface area (Å²) in [6.07, 6.45) is 0.905. The number of alkyl halides is 2. The van der Waals surface area contributed by atoms with Gasteiger partial charge in [-0.2, -0.15) is 8.78 Å². The van der Waals surface area contributed by atoms with Crippen molar-refractivity contribution < 1.29 is 8.78 Å². The summed E-state index contributed by atoms with van der Waals surface area (Å²) in [6, 6.07) is 15.8. The zero-order valence-corrected chi connectivity index (χ0v) is 19.0. The molecular weight excluding hydrogens is 424 g/mol. The first-order valence-electron chi connectivity index (χ1n) is 11.2. The number of halogens is 2. The molecule has 0 radical (unpaired) electrons. The minimum absolute atomic E-state index is 0.0327. The molecular formula is C24H27F2N7. The molecule has 0 amide bonds. The molecule has 0 bridgehead atoms. The Balaban J connectivity index is 1.62. The van der Waals surface area contributed by atoms with Crippen molar-refractivity contribution in [2.45, 2.75) is 58.4 Å². The van der Waals surface area contributed by atoms with E-state index in [-0.39, 0.29) is 18.2 Å². The Bertz CT molecular complexity index is 1180. The third-order valence-corrected chi connectivity index (χ3v) is 5.77. The van der Waals surface area contributed by atoms with E-state index in [9.17, 15) is 8.78 Å². The lowest BCUT2D eigenvalue weighted by molar-refractivity contribution is -0.0232. The second-order valence-corrected chi connectivity index (χ2v) is 8.21. The molecule has 7 nitrogen and oxygen atoms in total. The van der Waals surface area contributed by atoms with Gasteiger partial charge in [-0.05, 0) is 40.0 Å². The number of nitrogens with zero attached hydrogens (tertiary/aromatic N) is 6. The molecule has 0 fully saturated rings. The van der Waals surface area contributed by atoms with E-state index >= 15 is 0 Å². The van der Waals surface area contributed by atoms with Crippen LogP contribution in [0.3, 0.4) is 0 Å². The quantitative estimate of drug-likeness (QED) is 0.359. The van der Waals surface area contributed by atoms with Crippen molar-refractivity contribution in [3.05, 3.63) is 65.7 Å². The van der Waals surface area contributed by atoms with Gasteiger partial charge in [0.2, 0.25) is 5.82 Å². The van der Waals surface area contributed by atoms with Gasteiger partial charge in [0.25, 0.3) is 0 Å². The number of benzene rings is 2. The average Bonchev–Trinajstić information content (AvgIpc) is 3.50. The zero-order chi connectivity index (χ0) is 23.4. The molecule has 9 heteroatoms. The van der Waals surface area contributed by atoms with Crippen molar-refractivity contribution in [2.75, 3.05) is 0 Å². The number of nitrogens with one attached hydrogen (secondary N) is 1. The topological polar surface area (TPSA) is 85.2 Å². The fraction of sp³-hybridized carbons (Fsp3) is 0.375. The molecule has 1 unspecified atom stereocenters. The highest BCUT2D eigenvalue weighted by molar-refractivity contribution is 5.80. The minimum atomic E-state index is -3.02. The largest absolute Gasteiger partial charge is 0.308 e. The van der Waals surface area contributed by atoms with Crippen LogP contribution in [-0.2, 0) is 12.5 Å². The van der Waals surface area contributed by atoms with Crippen molar-refractivity contribution in [3.63, 3.8) is 0 Å². The van der Waals surface area contributed by atoms with E-state index in [0.29, 0.717) is 24.6 Å². The van der Waals surface area contributed by atoms with Crippen LogP contribution in [0, 0.1) is 0 Å². The molecule has 0 aliphatic carbocycles. The van der Waals surface area contributed by atoms with E-state index in [1.54, 1.807) is 11.6 Å². The molecule has 0 aliphatic rings. The maximum atomic E-state index is 14.5. The van der Waals surface area contributed by atoms with Crippen LogP contribution in [-0.4, -0.2) is 35.4 Å². The zero-order valence-electron chi connectivity index (χ0n) is 19.0. The Morgan fingerprint density at radius 2 is 1.76 bits per heavy atom. The van der Waals surface area contributed by atoms with Crippen molar-refractivity contribution in [2.24, 2.45) is 0 Å². The average molecular weight is 452 g/mol. The first kappa shape index (κ1) is 22.7. The highest BCUT2D eigenvalue weighted by Gasteiger charge is 2.36. The van der Waals surface area contributed by atoms with Crippen molar-refractivity contribution in [3.8, 4) is 22.5 Å². The molecule has 2 heterocycles. The lowest BCUT2D eigenvalue weighted by atomic mass is 9.98. The third-order valence-electron chi connectivity index (χ3n) is 5.77. The summed E-state index contributed by atoms with van der Waals surface area (Å²) in [5, 5.41) is 18.4. The fourth-order valence-electron chi connectivity index (χ4n) is 3.78. The van der Waals surface area contributed by atoms with E-state index in [1.807, 2.05) is 62.4 Å². The lowest BCUT2D eigenvalue weighted by Crippen LogP contribution is -2.15. The van der Waals surface area contributed by atoms with Crippen LogP contribution in [0.15, 0.2) is 48.5 Å². The summed E-state index contributed by atoms with van der Waals surface area (Å²) in [6.45, 7) is 6.12. The van der Waals surface area contributed by atoms with Gasteiger partial charge in [0.1, 0.15) is 5.82 Å². The number of hydrogen-bond donors (Lipinski definition) is 1. The van der Waals surface area contributed by atoms with Crippen LogP contribution >= 0.6 is 0 Å². The maximum absolute atomic E-state index is 14.5. The summed E-state index contributed by atoms with van der Waals surface area (Å²) >= 11 is 0. The highest BCUT2D eigenvalue weighted by Crippen LogP contribution is 2.33. The van der Waals surface area contributed by atoms with Crippen LogP contribution in [0.2, 0.25) is 0 Å². The molecule has 4 aromatic rings. The van der Waals surface area contributed by atoms with Crippen molar-refractivity contribution in [1.82, 2.24) is 35.4 Å². The van der Waals surface area contributed by atoms with Gasteiger partial charge in [-0.25, -0.2) is 14.8 Å². The van der Waals surface area contributed by atoms with E-state index in [1.165, 1.54) is 0 Å². The van der Waals surface area contributed by atoms with Crippen LogP contribution in [0.4, 0.5) is 8.78 Å². The minimum Gasteiger partial charge on any atom is -0.245 e. The monoisotopic (exact) mass is 451 g/mol. The summed E-state index contributed by atoms with van der Waals surface area (Å²) in [5.41, 5.74) is 3.84. The third kappa shape index (κ3) is 4.81. The maximum Gasteiger partial charge on any atom is 0.308 e. The Morgan fingerprint density at radius 1 is 1.03 bits per heavy atom.